The Balaban J connectivity index is 0.00000196. The van der Waals surface area contributed by atoms with Gasteiger partial charge in [-0.2, -0.15) is 0 Å². The summed E-state index contributed by atoms with van der Waals surface area (Å²) < 4.78 is 4.88. The number of hydrogen-bond acceptors (Lipinski definition) is 3. The van der Waals surface area contributed by atoms with Crippen LogP contribution in [0.1, 0.15) is 11.1 Å². The molecule has 76 valence electrons. The van der Waals surface area contributed by atoms with Gasteiger partial charge in [0.25, 0.3) is 0 Å². The summed E-state index contributed by atoms with van der Waals surface area (Å²) in [5.41, 5.74) is 2.35. The second kappa shape index (κ2) is 7.88. The van der Waals surface area contributed by atoms with E-state index in [0.717, 1.165) is 12.0 Å². The van der Waals surface area contributed by atoms with E-state index in [2.05, 4.69) is 6.07 Å². The molecule has 0 fully saturated rings. The molecule has 0 radical (unpaired) electrons. The summed E-state index contributed by atoms with van der Waals surface area (Å²) in [5.74, 6) is -1.17. The van der Waals surface area contributed by atoms with Crippen LogP contribution in [0, 0.1) is 6.92 Å². The van der Waals surface area contributed by atoms with Crippen molar-refractivity contribution in [3.05, 3.63) is 35.4 Å². The summed E-state index contributed by atoms with van der Waals surface area (Å²) in [6, 6.07) is 8.05. The number of carboxylic acids is 1. The fraction of sp³-hybridized carbons (Fsp3) is 0.364. The van der Waals surface area contributed by atoms with Crippen molar-refractivity contribution >= 4 is 5.97 Å². The van der Waals surface area contributed by atoms with Crippen LogP contribution in [-0.2, 0) is 16.0 Å². The SMILES string of the molecule is Cc1cccc(CCOCC(=O)[O-])c1.[Na+]. The van der Waals surface area contributed by atoms with Gasteiger partial charge >= 0.3 is 29.6 Å². The van der Waals surface area contributed by atoms with Crippen LogP contribution >= 0.6 is 0 Å². The van der Waals surface area contributed by atoms with Crippen molar-refractivity contribution in [1.29, 1.82) is 0 Å². The first-order valence-electron chi connectivity index (χ1n) is 4.51. The van der Waals surface area contributed by atoms with Gasteiger partial charge in [0.15, 0.2) is 0 Å². The molecular formula is C11H13NaO3. The molecule has 3 nitrogen and oxygen atoms in total. The predicted octanol–water partition coefficient (Wildman–Crippen LogP) is -2.69. The molecule has 0 heterocycles. The van der Waals surface area contributed by atoms with Crippen LogP contribution in [0.4, 0.5) is 0 Å². The molecule has 0 N–H and O–H groups in total. The summed E-state index contributed by atoms with van der Waals surface area (Å²) in [6.07, 6.45) is 0.731. The van der Waals surface area contributed by atoms with E-state index in [1.807, 2.05) is 25.1 Å². The molecule has 0 saturated carbocycles. The number of aliphatic carboxylic acids is 1. The summed E-state index contributed by atoms with van der Waals surface area (Å²) in [5, 5.41) is 10.0. The molecule has 4 heteroatoms. The van der Waals surface area contributed by atoms with Gasteiger partial charge in [0.1, 0.15) is 0 Å². The average molecular weight is 216 g/mol. The summed E-state index contributed by atoms with van der Waals surface area (Å²) in [4.78, 5) is 10.0. The zero-order valence-electron chi connectivity index (χ0n) is 9.16. The van der Waals surface area contributed by atoms with E-state index in [4.69, 9.17) is 4.74 Å². The Morgan fingerprint density at radius 1 is 1.47 bits per heavy atom. The Morgan fingerprint density at radius 2 is 2.20 bits per heavy atom. The Morgan fingerprint density at radius 3 is 2.80 bits per heavy atom. The summed E-state index contributed by atoms with van der Waals surface area (Å²) >= 11 is 0. The number of ether oxygens (including phenoxy) is 1. The van der Waals surface area contributed by atoms with Crippen molar-refractivity contribution in [2.75, 3.05) is 13.2 Å². The number of rotatable bonds is 5. The summed E-state index contributed by atoms with van der Waals surface area (Å²) in [6.45, 7) is 2.11. The molecule has 0 saturated heterocycles. The Kier molecular flexibility index (Phi) is 7.70. The van der Waals surface area contributed by atoms with E-state index in [9.17, 15) is 9.90 Å². The number of aryl methyl sites for hydroxylation is 1. The van der Waals surface area contributed by atoms with Crippen LogP contribution in [0.3, 0.4) is 0 Å². The molecule has 0 unspecified atom stereocenters. The Labute approximate surface area is 112 Å². The first-order valence-corrected chi connectivity index (χ1v) is 4.51. The van der Waals surface area contributed by atoms with E-state index < -0.39 is 5.97 Å². The third kappa shape index (κ3) is 6.68. The van der Waals surface area contributed by atoms with Gasteiger partial charge in [-0.05, 0) is 18.9 Å². The van der Waals surface area contributed by atoms with E-state index in [1.54, 1.807) is 0 Å². The maximum atomic E-state index is 10.0. The van der Waals surface area contributed by atoms with Crippen LogP contribution < -0.4 is 34.7 Å². The molecule has 0 aliphatic rings. The number of hydrogen-bond donors (Lipinski definition) is 0. The maximum absolute atomic E-state index is 10.0. The molecule has 1 aromatic rings. The molecule has 0 aromatic heterocycles. The minimum atomic E-state index is -1.17. The van der Waals surface area contributed by atoms with Crippen molar-refractivity contribution in [2.24, 2.45) is 0 Å². The maximum Gasteiger partial charge on any atom is 1.00 e. The molecule has 1 aromatic carbocycles. The van der Waals surface area contributed by atoms with Crippen molar-refractivity contribution in [1.82, 2.24) is 0 Å². The second-order valence-corrected chi connectivity index (χ2v) is 3.16. The number of benzene rings is 1. The second-order valence-electron chi connectivity index (χ2n) is 3.16. The summed E-state index contributed by atoms with van der Waals surface area (Å²) in [7, 11) is 0. The fourth-order valence-corrected chi connectivity index (χ4v) is 1.21. The van der Waals surface area contributed by atoms with Gasteiger partial charge in [-0.25, -0.2) is 0 Å². The first-order chi connectivity index (χ1) is 6.68. The smallest absolute Gasteiger partial charge is 0.548 e. The van der Waals surface area contributed by atoms with Crippen LogP contribution in [0.25, 0.3) is 0 Å². The van der Waals surface area contributed by atoms with E-state index in [1.165, 1.54) is 5.56 Å². The van der Waals surface area contributed by atoms with Gasteiger partial charge in [0.05, 0.1) is 19.2 Å². The normalized spacial score (nSPS) is 9.40. The Hall–Kier alpha value is -0.350. The first kappa shape index (κ1) is 14.6. The van der Waals surface area contributed by atoms with Crippen LogP contribution in [0.5, 0.6) is 0 Å². The number of carbonyl (C=O) groups excluding carboxylic acids is 1. The minimum Gasteiger partial charge on any atom is -0.548 e. The van der Waals surface area contributed by atoms with Gasteiger partial charge < -0.3 is 14.6 Å². The zero-order valence-corrected chi connectivity index (χ0v) is 11.2. The van der Waals surface area contributed by atoms with Gasteiger partial charge in [0.2, 0.25) is 0 Å². The zero-order chi connectivity index (χ0) is 10.4. The minimum absolute atomic E-state index is 0. The average Bonchev–Trinajstić information content (AvgIpc) is 2.12. The van der Waals surface area contributed by atoms with Crippen LogP contribution in [-0.4, -0.2) is 19.2 Å². The number of carboxylic acid groups (broad SMARTS) is 1. The monoisotopic (exact) mass is 216 g/mol. The molecule has 0 aliphatic carbocycles. The standard InChI is InChI=1S/C11H14O3.Na/c1-9-3-2-4-10(7-9)5-6-14-8-11(12)13;/h2-4,7H,5-6,8H2,1H3,(H,12,13);/q;+1/p-1. The van der Waals surface area contributed by atoms with Crippen LogP contribution in [0.2, 0.25) is 0 Å². The quantitative estimate of drug-likeness (QED) is 0.398. The van der Waals surface area contributed by atoms with E-state index in [-0.39, 0.29) is 36.2 Å². The van der Waals surface area contributed by atoms with Crippen molar-refractivity contribution in [3.63, 3.8) is 0 Å². The molecular weight excluding hydrogens is 203 g/mol. The molecule has 0 amide bonds. The fourth-order valence-electron chi connectivity index (χ4n) is 1.21. The van der Waals surface area contributed by atoms with Crippen molar-refractivity contribution in [2.45, 2.75) is 13.3 Å². The predicted molar refractivity (Wildman–Crippen MR) is 50.7 cm³/mol. The van der Waals surface area contributed by atoms with Gasteiger partial charge in [-0.1, -0.05) is 29.8 Å². The van der Waals surface area contributed by atoms with Crippen molar-refractivity contribution in [3.8, 4) is 0 Å². The van der Waals surface area contributed by atoms with E-state index >= 15 is 0 Å². The molecule has 0 atom stereocenters. The Bertz CT molecular complexity index is 312. The molecule has 1 rings (SSSR count). The molecule has 15 heavy (non-hydrogen) atoms. The van der Waals surface area contributed by atoms with Gasteiger partial charge in [-0.15, -0.1) is 0 Å². The van der Waals surface area contributed by atoms with Gasteiger partial charge in [0, 0.05) is 0 Å². The van der Waals surface area contributed by atoms with Crippen molar-refractivity contribution < 1.29 is 44.2 Å². The third-order valence-corrected chi connectivity index (χ3v) is 1.84. The topological polar surface area (TPSA) is 49.4 Å². The largest absolute Gasteiger partial charge is 1.00 e. The molecule has 0 bridgehead atoms. The van der Waals surface area contributed by atoms with Gasteiger partial charge in [-0.3, -0.25) is 0 Å². The van der Waals surface area contributed by atoms with E-state index in [0.29, 0.717) is 6.61 Å². The number of carbonyl (C=O) groups is 1. The molecule has 0 spiro atoms. The van der Waals surface area contributed by atoms with Crippen LogP contribution in [0.15, 0.2) is 24.3 Å². The third-order valence-electron chi connectivity index (χ3n) is 1.84. The molecule has 0 aliphatic heterocycles.